The van der Waals surface area contributed by atoms with Crippen LogP contribution in [0.25, 0.3) is 11.3 Å². The second kappa shape index (κ2) is 4.80. The quantitative estimate of drug-likeness (QED) is 0.622. The average molecular weight is 263 g/mol. The topological polar surface area (TPSA) is 25.4 Å². The van der Waals surface area contributed by atoms with Gasteiger partial charge in [0.25, 0.3) is 0 Å². The molecule has 0 spiro atoms. The molecule has 2 heterocycles. The van der Waals surface area contributed by atoms with Gasteiger partial charge in [0, 0.05) is 16.7 Å². The molecule has 1 aromatic carbocycles. The molecule has 0 saturated carbocycles. The van der Waals surface area contributed by atoms with E-state index >= 15 is 0 Å². The first-order chi connectivity index (χ1) is 8.31. The number of benzene rings is 1. The monoisotopic (exact) mass is 263 g/mol. The van der Waals surface area contributed by atoms with E-state index in [1.807, 2.05) is 0 Å². The molecule has 17 heavy (non-hydrogen) atoms. The number of rotatable bonds is 4. The molecule has 88 valence electrons. The van der Waals surface area contributed by atoms with E-state index in [2.05, 4.69) is 41.6 Å². The smallest absolute Gasteiger partial charge is 0.150 e. The number of epoxide rings is 1. The molecule has 1 aliphatic rings. The van der Waals surface area contributed by atoms with Gasteiger partial charge in [0.2, 0.25) is 0 Å². The lowest BCUT2D eigenvalue weighted by molar-refractivity contribution is 0.426. The summed E-state index contributed by atoms with van der Waals surface area (Å²) < 4.78 is 6.33. The Bertz CT molecular complexity index is 502. The van der Waals surface area contributed by atoms with Gasteiger partial charge >= 0.3 is 0 Å². The van der Waals surface area contributed by atoms with Crippen molar-refractivity contribution in [3.05, 3.63) is 35.2 Å². The van der Waals surface area contributed by atoms with Gasteiger partial charge in [-0.25, -0.2) is 4.98 Å². The molecule has 0 N–H and O–H groups in total. The Morgan fingerprint density at radius 1 is 1.41 bits per heavy atom. The number of aryl methyl sites for hydroxylation is 1. The zero-order valence-electron chi connectivity index (χ0n) is 9.55. The van der Waals surface area contributed by atoms with Crippen molar-refractivity contribution in [2.24, 2.45) is 0 Å². The van der Waals surface area contributed by atoms with Crippen molar-refractivity contribution in [2.75, 3.05) is 12.4 Å². The number of nitrogens with zero attached hydrogens (tertiary/aromatic N) is 1. The van der Waals surface area contributed by atoms with Crippen LogP contribution in [-0.4, -0.2) is 23.4 Å². The van der Waals surface area contributed by atoms with E-state index < -0.39 is 0 Å². The first kappa shape index (κ1) is 11.3. The van der Waals surface area contributed by atoms with E-state index in [9.17, 15) is 0 Å². The van der Waals surface area contributed by atoms with E-state index in [0.29, 0.717) is 6.10 Å². The second-order valence-corrected chi connectivity index (χ2v) is 6.26. The van der Waals surface area contributed by atoms with Crippen LogP contribution in [0.4, 0.5) is 0 Å². The summed E-state index contributed by atoms with van der Waals surface area (Å²) in [5.41, 5.74) is 3.56. The van der Waals surface area contributed by atoms with Crippen LogP contribution < -0.4 is 0 Å². The van der Waals surface area contributed by atoms with Crippen LogP contribution in [0, 0.1) is 6.92 Å². The van der Waals surface area contributed by atoms with Gasteiger partial charge in [0.15, 0.2) is 4.34 Å². The lowest BCUT2D eigenvalue weighted by atomic mass is 10.1. The van der Waals surface area contributed by atoms with Crippen molar-refractivity contribution in [1.29, 1.82) is 0 Å². The summed E-state index contributed by atoms with van der Waals surface area (Å²) >= 11 is 3.51. The molecule has 3 rings (SSSR count). The fourth-order valence-electron chi connectivity index (χ4n) is 1.51. The first-order valence-electron chi connectivity index (χ1n) is 5.58. The van der Waals surface area contributed by atoms with E-state index in [0.717, 1.165) is 22.4 Å². The maximum Gasteiger partial charge on any atom is 0.150 e. The fraction of sp³-hybridized carbons (Fsp3) is 0.308. The number of thioether (sulfide) groups is 1. The molecule has 1 aromatic heterocycles. The molecule has 0 bridgehead atoms. The van der Waals surface area contributed by atoms with Crippen LogP contribution in [0.2, 0.25) is 0 Å². The summed E-state index contributed by atoms with van der Waals surface area (Å²) in [6.45, 7) is 3.02. The molecule has 1 aliphatic heterocycles. The number of thiazole rings is 1. The predicted molar refractivity (Wildman–Crippen MR) is 72.8 cm³/mol. The van der Waals surface area contributed by atoms with Crippen LogP contribution in [0.3, 0.4) is 0 Å². The van der Waals surface area contributed by atoms with Crippen molar-refractivity contribution in [3.8, 4) is 11.3 Å². The molecule has 1 fully saturated rings. The van der Waals surface area contributed by atoms with E-state index in [-0.39, 0.29) is 0 Å². The normalized spacial score (nSPS) is 18.3. The molecule has 1 unspecified atom stereocenters. The minimum atomic E-state index is 0.465. The largest absolute Gasteiger partial charge is 0.372 e. The lowest BCUT2D eigenvalue weighted by Crippen LogP contribution is -1.87. The van der Waals surface area contributed by atoms with Gasteiger partial charge in [-0.2, -0.15) is 0 Å². The Morgan fingerprint density at radius 3 is 2.88 bits per heavy atom. The van der Waals surface area contributed by atoms with E-state index in [1.54, 1.807) is 23.1 Å². The summed E-state index contributed by atoms with van der Waals surface area (Å²) in [5, 5.41) is 2.13. The maximum atomic E-state index is 5.19. The molecule has 2 nitrogen and oxygen atoms in total. The predicted octanol–water partition coefficient (Wildman–Crippen LogP) is 3.61. The Balaban J connectivity index is 1.72. The van der Waals surface area contributed by atoms with Crippen molar-refractivity contribution >= 4 is 23.1 Å². The first-order valence-corrected chi connectivity index (χ1v) is 7.45. The Morgan fingerprint density at radius 2 is 2.18 bits per heavy atom. The summed E-state index contributed by atoms with van der Waals surface area (Å²) in [6.07, 6.45) is 0.465. The van der Waals surface area contributed by atoms with Crippen LogP contribution in [0.15, 0.2) is 34.0 Å². The zero-order chi connectivity index (χ0) is 11.7. The molecular formula is C13H13NOS2. The molecule has 1 saturated heterocycles. The Labute approximate surface area is 109 Å². The highest BCUT2D eigenvalue weighted by molar-refractivity contribution is 8.01. The number of hydrogen-bond acceptors (Lipinski definition) is 4. The van der Waals surface area contributed by atoms with Crippen LogP contribution in [0.5, 0.6) is 0 Å². The van der Waals surface area contributed by atoms with Crippen molar-refractivity contribution in [2.45, 2.75) is 17.4 Å². The lowest BCUT2D eigenvalue weighted by Gasteiger charge is -1.97. The minimum absolute atomic E-state index is 0.465. The molecular weight excluding hydrogens is 250 g/mol. The zero-order valence-corrected chi connectivity index (χ0v) is 11.2. The fourth-order valence-corrected chi connectivity index (χ4v) is 3.37. The number of hydrogen-bond donors (Lipinski definition) is 0. The molecule has 0 radical (unpaired) electrons. The molecule has 0 amide bonds. The van der Waals surface area contributed by atoms with Crippen LogP contribution >= 0.6 is 23.1 Å². The minimum Gasteiger partial charge on any atom is -0.372 e. The van der Waals surface area contributed by atoms with Gasteiger partial charge in [-0.15, -0.1) is 11.3 Å². The highest BCUT2D eigenvalue weighted by Gasteiger charge is 2.22. The highest BCUT2D eigenvalue weighted by Crippen LogP contribution is 2.30. The molecule has 1 atom stereocenters. The third-order valence-electron chi connectivity index (χ3n) is 2.63. The van der Waals surface area contributed by atoms with Crippen molar-refractivity contribution in [3.63, 3.8) is 0 Å². The average Bonchev–Trinajstić information content (AvgIpc) is 3.06. The summed E-state index contributed by atoms with van der Waals surface area (Å²) in [7, 11) is 0. The highest BCUT2D eigenvalue weighted by atomic mass is 32.2. The summed E-state index contributed by atoms with van der Waals surface area (Å²) in [6, 6.07) is 8.50. The molecule has 2 aromatic rings. The van der Waals surface area contributed by atoms with Gasteiger partial charge in [-0.3, -0.25) is 0 Å². The number of ether oxygens (including phenoxy) is 1. The van der Waals surface area contributed by atoms with Crippen LogP contribution in [0.1, 0.15) is 5.56 Å². The standard InChI is InChI=1S/C13H13NOS2/c1-9-2-4-10(5-3-9)12-8-17-13(14-12)16-7-11-6-15-11/h2-5,8,11H,6-7H2,1H3. The third-order valence-corrected chi connectivity index (χ3v) is 4.78. The van der Waals surface area contributed by atoms with Gasteiger partial charge in [0.1, 0.15) is 0 Å². The van der Waals surface area contributed by atoms with E-state index in [4.69, 9.17) is 4.74 Å². The van der Waals surface area contributed by atoms with Crippen molar-refractivity contribution < 1.29 is 4.74 Å². The van der Waals surface area contributed by atoms with Crippen molar-refractivity contribution in [1.82, 2.24) is 4.98 Å². The van der Waals surface area contributed by atoms with Gasteiger partial charge in [-0.05, 0) is 6.92 Å². The SMILES string of the molecule is Cc1ccc(-c2csc(SCC3CO3)n2)cc1. The van der Waals surface area contributed by atoms with Gasteiger partial charge in [0.05, 0.1) is 18.4 Å². The van der Waals surface area contributed by atoms with Crippen LogP contribution in [-0.2, 0) is 4.74 Å². The van der Waals surface area contributed by atoms with Gasteiger partial charge < -0.3 is 4.74 Å². The maximum absolute atomic E-state index is 5.19. The second-order valence-electron chi connectivity index (χ2n) is 4.13. The third kappa shape index (κ3) is 2.89. The summed E-state index contributed by atoms with van der Waals surface area (Å²) in [5.74, 6) is 1.03. The summed E-state index contributed by atoms with van der Waals surface area (Å²) in [4.78, 5) is 4.64. The molecule has 4 heteroatoms. The Kier molecular flexibility index (Phi) is 3.18. The van der Waals surface area contributed by atoms with E-state index in [1.165, 1.54) is 11.1 Å². The van der Waals surface area contributed by atoms with Gasteiger partial charge in [-0.1, -0.05) is 41.6 Å². The Hall–Kier alpha value is -0.840. The molecule has 0 aliphatic carbocycles. The number of aromatic nitrogens is 1.